The molecule has 1 fully saturated rings. The third-order valence-corrected chi connectivity index (χ3v) is 4.45. The highest BCUT2D eigenvalue weighted by Gasteiger charge is 2.34. The summed E-state index contributed by atoms with van der Waals surface area (Å²) in [5, 5.41) is 4.25. The van der Waals surface area contributed by atoms with Crippen LogP contribution in [0.3, 0.4) is 0 Å². The highest BCUT2D eigenvalue weighted by Crippen LogP contribution is 2.22. The number of hydrogen-bond acceptors (Lipinski definition) is 3. The van der Waals surface area contributed by atoms with E-state index in [1.807, 2.05) is 17.1 Å². The van der Waals surface area contributed by atoms with Gasteiger partial charge in [-0.2, -0.15) is 5.10 Å². The van der Waals surface area contributed by atoms with E-state index in [2.05, 4.69) is 30.8 Å². The summed E-state index contributed by atoms with van der Waals surface area (Å²) in [5.74, 6) is 0.301. The van der Waals surface area contributed by atoms with Crippen LogP contribution in [0.25, 0.3) is 0 Å². The zero-order valence-corrected chi connectivity index (χ0v) is 13.1. The first-order valence-corrected chi connectivity index (χ1v) is 7.83. The Morgan fingerprint density at radius 1 is 1.25 bits per heavy atom. The summed E-state index contributed by atoms with van der Waals surface area (Å²) >= 11 is 0. The largest absolute Gasteiger partial charge is 0.297 e. The summed E-state index contributed by atoms with van der Waals surface area (Å²) in [4.78, 5) is 15.0. The first kappa shape index (κ1) is 15.2. The Balaban J connectivity index is 2.01. The van der Waals surface area contributed by atoms with Crippen molar-refractivity contribution >= 4 is 5.78 Å². The molecule has 2 heterocycles. The minimum absolute atomic E-state index is 0.301. The number of nitrogens with zero attached hydrogens (tertiary/aromatic N) is 3. The highest BCUT2D eigenvalue weighted by molar-refractivity contribution is 5.89. The average Bonchev–Trinajstić information content (AvgIpc) is 2.70. The third-order valence-electron chi connectivity index (χ3n) is 4.45. The topological polar surface area (TPSA) is 38.1 Å². The molecule has 0 N–H and O–H groups in total. The Bertz CT molecular complexity index is 442. The Morgan fingerprint density at radius 2 is 1.90 bits per heavy atom. The molecular formula is C16H27N3O. The van der Waals surface area contributed by atoms with Crippen LogP contribution in [-0.4, -0.2) is 39.1 Å². The maximum Gasteiger partial charge on any atom is 0.156 e. The molecule has 1 aliphatic rings. The molecule has 0 saturated carbocycles. The molecule has 20 heavy (non-hydrogen) atoms. The fraction of sp³-hybridized carbons (Fsp3) is 0.750. The second kappa shape index (κ2) is 6.53. The van der Waals surface area contributed by atoms with Gasteiger partial charge in [0.05, 0.1) is 11.7 Å². The van der Waals surface area contributed by atoms with Crippen molar-refractivity contribution in [3.63, 3.8) is 0 Å². The summed E-state index contributed by atoms with van der Waals surface area (Å²) in [6, 6.07) is 0. The van der Waals surface area contributed by atoms with Crippen LogP contribution in [0.2, 0.25) is 0 Å². The van der Waals surface area contributed by atoms with E-state index in [1.165, 1.54) is 25.7 Å². The average molecular weight is 277 g/mol. The van der Waals surface area contributed by atoms with E-state index in [1.54, 1.807) is 0 Å². The van der Waals surface area contributed by atoms with Gasteiger partial charge in [0.25, 0.3) is 0 Å². The van der Waals surface area contributed by atoms with Gasteiger partial charge in [0.2, 0.25) is 0 Å². The van der Waals surface area contributed by atoms with E-state index >= 15 is 0 Å². The minimum Gasteiger partial charge on any atom is -0.297 e. The summed E-state index contributed by atoms with van der Waals surface area (Å²) < 4.78 is 1.88. The van der Waals surface area contributed by atoms with E-state index in [4.69, 9.17) is 0 Å². The number of aryl methyl sites for hydroxylation is 1. The van der Waals surface area contributed by atoms with Crippen LogP contribution in [0.4, 0.5) is 0 Å². The van der Waals surface area contributed by atoms with E-state index in [0.717, 1.165) is 25.2 Å². The van der Waals surface area contributed by atoms with Gasteiger partial charge in [-0.25, -0.2) is 0 Å². The van der Waals surface area contributed by atoms with E-state index < -0.39 is 0 Å². The molecule has 4 heteroatoms. The molecule has 0 spiro atoms. The molecule has 0 bridgehead atoms. The lowest BCUT2D eigenvalue weighted by molar-refractivity contribution is -0.128. The number of carbonyl (C=O) groups excluding carboxylic acids is 1. The summed E-state index contributed by atoms with van der Waals surface area (Å²) in [6.07, 6.45) is 9.31. The Labute approximate surface area is 122 Å². The van der Waals surface area contributed by atoms with Gasteiger partial charge in [-0.05, 0) is 52.3 Å². The third kappa shape index (κ3) is 3.48. The number of rotatable bonds is 5. The summed E-state index contributed by atoms with van der Waals surface area (Å²) in [5.41, 5.74) is 0.665. The molecule has 4 nitrogen and oxygen atoms in total. The molecule has 1 aromatic heterocycles. The van der Waals surface area contributed by atoms with Crippen LogP contribution in [0, 0.1) is 0 Å². The predicted molar refractivity (Wildman–Crippen MR) is 80.7 cm³/mol. The van der Waals surface area contributed by atoms with E-state index in [9.17, 15) is 4.79 Å². The second-order valence-electron chi connectivity index (χ2n) is 6.26. The predicted octanol–water partition coefficient (Wildman–Crippen LogP) is 2.67. The summed E-state index contributed by atoms with van der Waals surface area (Å²) in [7, 11) is 0. The van der Waals surface area contributed by atoms with E-state index in [0.29, 0.717) is 12.2 Å². The number of Topliss-reactive ketones (excluding diaryl/α,β-unsaturated/α-hetero) is 1. The van der Waals surface area contributed by atoms with Crippen molar-refractivity contribution in [3.05, 3.63) is 18.0 Å². The van der Waals surface area contributed by atoms with Crippen molar-refractivity contribution in [1.29, 1.82) is 0 Å². The van der Waals surface area contributed by atoms with Crippen LogP contribution in [0.15, 0.2) is 12.4 Å². The van der Waals surface area contributed by atoms with Gasteiger partial charge in [0, 0.05) is 19.2 Å². The van der Waals surface area contributed by atoms with Gasteiger partial charge in [-0.1, -0.05) is 12.8 Å². The second-order valence-corrected chi connectivity index (χ2v) is 6.26. The van der Waals surface area contributed by atoms with Crippen molar-refractivity contribution in [2.24, 2.45) is 0 Å². The molecule has 0 unspecified atom stereocenters. The number of likely N-dealkylation sites (tertiary alicyclic amines) is 1. The van der Waals surface area contributed by atoms with Crippen molar-refractivity contribution in [3.8, 4) is 0 Å². The molecule has 2 rings (SSSR count). The first-order valence-electron chi connectivity index (χ1n) is 7.83. The van der Waals surface area contributed by atoms with Gasteiger partial charge in [0.15, 0.2) is 5.78 Å². The fourth-order valence-electron chi connectivity index (χ4n) is 2.88. The van der Waals surface area contributed by atoms with Gasteiger partial charge in [-0.3, -0.25) is 14.4 Å². The maximum atomic E-state index is 12.7. The van der Waals surface area contributed by atoms with Crippen LogP contribution in [0.1, 0.15) is 52.0 Å². The molecule has 0 radical (unpaired) electrons. The lowest BCUT2D eigenvalue weighted by atomic mass is 9.92. The van der Waals surface area contributed by atoms with Crippen LogP contribution < -0.4 is 0 Å². The molecule has 1 aliphatic heterocycles. The van der Waals surface area contributed by atoms with Crippen molar-refractivity contribution < 1.29 is 4.79 Å². The molecule has 0 amide bonds. The number of carbonyl (C=O) groups is 1. The lowest BCUT2D eigenvalue weighted by Crippen LogP contribution is -2.51. The first-order chi connectivity index (χ1) is 9.54. The SMILES string of the molecule is CCn1cc(CC(=O)C(C)(C)N2CCCCCC2)cn1. The monoisotopic (exact) mass is 277 g/mol. The minimum atomic E-state index is -0.362. The van der Waals surface area contributed by atoms with Crippen molar-refractivity contribution in [2.45, 2.75) is 65.0 Å². The molecule has 0 aromatic carbocycles. The maximum absolute atomic E-state index is 12.7. The van der Waals surface area contributed by atoms with Crippen LogP contribution in [-0.2, 0) is 17.8 Å². The Kier molecular flexibility index (Phi) is 4.97. The summed E-state index contributed by atoms with van der Waals surface area (Å²) in [6.45, 7) is 9.15. The Hall–Kier alpha value is -1.16. The zero-order chi connectivity index (χ0) is 14.6. The zero-order valence-electron chi connectivity index (χ0n) is 13.1. The molecule has 1 saturated heterocycles. The van der Waals surface area contributed by atoms with Crippen molar-refractivity contribution in [1.82, 2.24) is 14.7 Å². The number of aromatic nitrogens is 2. The fourth-order valence-corrected chi connectivity index (χ4v) is 2.88. The van der Waals surface area contributed by atoms with Gasteiger partial charge in [-0.15, -0.1) is 0 Å². The quantitative estimate of drug-likeness (QED) is 0.830. The standard InChI is InChI=1S/C16H27N3O/c1-4-19-13-14(12-17-19)11-15(20)16(2,3)18-9-7-5-6-8-10-18/h12-13H,4-11H2,1-3H3. The van der Waals surface area contributed by atoms with Gasteiger partial charge < -0.3 is 0 Å². The Morgan fingerprint density at radius 3 is 2.45 bits per heavy atom. The number of hydrogen-bond donors (Lipinski definition) is 0. The molecule has 0 atom stereocenters. The molecule has 1 aromatic rings. The molecular weight excluding hydrogens is 250 g/mol. The molecule has 112 valence electrons. The highest BCUT2D eigenvalue weighted by atomic mass is 16.1. The normalized spacial score (nSPS) is 17.9. The van der Waals surface area contributed by atoms with Gasteiger partial charge in [0.1, 0.15) is 0 Å². The smallest absolute Gasteiger partial charge is 0.156 e. The van der Waals surface area contributed by atoms with Crippen LogP contribution in [0.5, 0.6) is 0 Å². The van der Waals surface area contributed by atoms with E-state index in [-0.39, 0.29) is 5.54 Å². The number of ketones is 1. The van der Waals surface area contributed by atoms with Crippen LogP contribution >= 0.6 is 0 Å². The lowest BCUT2D eigenvalue weighted by Gasteiger charge is -2.36. The molecule has 0 aliphatic carbocycles. The van der Waals surface area contributed by atoms with Gasteiger partial charge >= 0.3 is 0 Å². The van der Waals surface area contributed by atoms with Crippen molar-refractivity contribution in [2.75, 3.05) is 13.1 Å².